The quantitative estimate of drug-likeness (QED) is 0.691. The minimum absolute atomic E-state index is 0.156. The van der Waals surface area contributed by atoms with E-state index in [1.54, 1.807) is 0 Å². The van der Waals surface area contributed by atoms with Gasteiger partial charge in [0.05, 0.1) is 5.02 Å². The van der Waals surface area contributed by atoms with Crippen molar-refractivity contribution in [1.29, 1.82) is 0 Å². The maximum absolute atomic E-state index is 11.9. The van der Waals surface area contributed by atoms with Gasteiger partial charge in [0.25, 0.3) is 0 Å². The smallest absolute Gasteiger partial charge is 0.168 e. The fourth-order valence-electron chi connectivity index (χ4n) is 2.13. The Morgan fingerprint density at radius 1 is 1.50 bits per heavy atom. The summed E-state index contributed by atoms with van der Waals surface area (Å²) in [5.41, 5.74) is 3.13. The maximum Gasteiger partial charge on any atom is 0.168 e. The zero-order valence-electron chi connectivity index (χ0n) is 8.43. The number of aryl methyl sites for hydroxylation is 1. The van der Waals surface area contributed by atoms with Gasteiger partial charge < -0.3 is 0 Å². The third kappa shape index (κ3) is 1.27. The molecule has 2 rings (SSSR count). The molecule has 1 unspecified atom stereocenters. The lowest BCUT2D eigenvalue weighted by Gasteiger charge is -2.03. The first-order chi connectivity index (χ1) is 6.65. The first kappa shape index (κ1) is 9.72. The van der Waals surface area contributed by atoms with Crippen LogP contribution in [0.25, 0.3) is 0 Å². The molecule has 1 aliphatic rings. The molecular formula is C12H13ClO. The highest BCUT2D eigenvalue weighted by Gasteiger charge is 2.31. The lowest BCUT2D eigenvalue weighted by atomic mass is 10.0. The van der Waals surface area contributed by atoms with E-state index in [4.69, 9.17) is 11.6 Å². The van der Waals surface area contributed by atoms with Crippen molar-refractivity contribution in [3.63, 3.8) is 0 Å². The zero-order chi connectivity index (χ0) is 10.3. The van der Waals surface area contributed by atoms with Crippen LogP contribution in [0.3, 0.4) is 0 Å². The Labute approximate surface area is 89.1 Å². The van der Waals surface area contributed by atoms with E-state index in [0.717, 1.165) is 24.0 Å². The van der Waals surface area contributed by atoms with Gasteiger partial charge in [0.2, 0.25) is 0 Å². The number of hydrogen-bond donors (Lipinski definition) is 0. The highest BCUT2D eigenvalue weighted by molar-refractivity contribution is 6.34. The standard InChI is InChI=1S/C12H13ClO/c1-3-8-6-9-7(2)4-5-10(13)11(9)12(8)14/h4-5,8H,3,6H2,1-2H3. The van der Waals surface area contributed by atoms with E-state index >= 15 is 0 Å². The normalized spacial score (nSPS) is 19.9. The molecule has 0 aliphatic heterocycles. The summed E-state index contributed by atoms with van der Waals surface area (Å²) in [6, 6.07) is 3.82. The largest absolute Gasteiger partial charge is 0.294 e. The molecule has 14 heavy (non-hydrogen) atoms. The van der Waals surface area contributed by atoms with Gasteiger partial charge in [0, 0.05) is 11.5 Å². The third-order valence-corrected chi connectivity index (χ3v) is 3.37. The Balaban J connectivity index is 2.58. The van der Waals surface area contributed by atoms with Gasteiger partial charge in [0.15, 0.2) is 5.78 Å². The molecule has 0 saturated carbocycles. The topological polar surface area (TPSA) is 17.1 Å². The summed E-state index contributed by atoms with van der Waals surface area (Å²) in [7, 11) is 0. The molecule has 0 N–H and O–H groups in total. The molecule has 2 heteroatoms. The number of ketones is 1. The summed E-state index contributed by atoms with van der Waals surface area (Å²) in [4.78, 5) is 11.9. The van der Waals surface area contributed by atoms with Crippen LogP contribution in [0.1, 0.15) is 34.8 Å². The van der Waals surface area contributed by atoms with Crippen LogP contribution in [0.5, 0.6) is 0 Å². The molecule has 1 aromatic rings. The molecule has 0 heterocycles. The number of carbonyl (C=O) groups excluding carboxylic acids is 1. The van der Waals surface area contributed by atoms with E-state index in [-0.39, 0.29) is 11.7 Å². The molecule has 1 aromatic carbocycles. The number of Topliss-reactive ketones (excluding diaryl/α,β-unsaturated/α-hetero) is 1. The van der Waals surface area contributed by atoms with Gasteiger partial charge in [-0.05, 0) is 37.0 Å². The van der Waals surface area contributed by atoms with Gasteiger partial charge in [-0.1, -0.05) is 24.6 Å². The van der Waals surface area contributed by atoms with Crippen molar-refractivity contribution >= 4 is 17.4 Å². The number of fused-ring (bicyclic) bond motifs is 1. The molecule has 0 bridgehead atoms. The molecule has 1 nitrogen and oxygen atoms in total. The van der Waals surface area contributed by atoms with E-state index in [1.807, 2.05) is 19.1 Å². The maximum atomic E-state index is 11.9. The second-order valence-corrected chi connectivity index (χ2v) is 4.30. The molecule has 0 radical (unpaired) electrons. The molecule has 1 aliphatic carbocycles. The lowest BCUT2D eigenvalue weighted by Crippen LogP contribution is -2.07. The first-order valence-electron chi connectivity index (χ1n) is 4.97. The Kier molecular flexibility index (Phi) is 2.36. The minimum Gasteiger partial charge on any atom is -0.294 e. The SMILES string of the molecule is CCC1Cc2c(C)ccc(Cl)c2C1=O. The van der Waals surface area contributed by atoms with Gasteiger partial charge >= 0.3 is 0 Å². The van der Waals surface area contributed by atoms with Crippen LogP contribution in [0, 0.1) is 12.8 Å². The van der Waals surface area contributed by atoms with E-state index < -0.39 is 0 Å². The van der Waals surface area contributed by atoms with Crippen LogP contribution in [0.4, 0.5) is 0 Å². The molecule has 0 aromatic heterocycles. The average molecular weight is 209 g/mol. The van der Waals surface area contributed by atoms with Crippen LogP contribution >= 0.6 is 11.6 Å². The zero-order valence-corrected chi connectivity index (χ0v) is 9.19. The van der Waals surface area contributed by atoms with Crippen molar-refractivity contribution < 1.29 is 4.79 Å². The van der Waals surface area contributed by atoms with Crippen molar-refractivity contribution in [2.45, 2.75) is 26.7 Å². The molecule has 74 valence electrons. The first-order valence-corrected chi connectivity index (χ1v) is 5.35. The summed E-state index contributed by atoms with van der Waals surface area (Å²) in [6.07, 6.45) is 1.78. The monoisotopic (exact) mass is 208 g/mol. The summed E-state index contributed by atoms with van der Waals surface area (Å²) < 4.78 is 0. The molecule has 1 atom stereocenters. The highest BCUT2D eigenvalue weighted by atomic mass is 35.5. The van der Waals surface area contributed by atoms with Crippen molar-refractivity contribution in [2.75, 3.05) is 0 Å². The van der Waals surface area contributed by atoms with E-state index in [2.05, 4.69) is 6.92 Å². The predicted octanol–water partition coefficient (Wildman–Crippen LogP) is 3.41. The van der Waals surface area contributed by atoms with E-state index in [9.17, 15) is 4.79 Å². The van der Waals surface area contributed by atoms with Crippen LogP contribution < -0.4 is 0 Å². The Hall–Kier alpha value is -0.820. The molecular weight excluding hydrogens is 196 g/mol. The predicted molar refractivity (Wildman–Crippen MR) is 58.0 cm³/mol. The summed E-state index contributed by atoms with van der Waals surface area (Å²) >= 11 is 6.04. The van der Waals surface area contributed by atoms with E-state index in [1.165, 1.54) is 5.56 Å². The Morgan fingerprint density at radius 2 is 2.21 bits per heavy atom. The second kappa shape index (κ2) is 3.39. The van der Waals surface area contributed by atoms with Gasteiger partial charge in [-0.3, -0.25) is 4.79 Å². The fourth-order valence-corrected chi connectivity index (χ4v) is 2.40. The van der Waals surface area contributed by atoms with Crippen LogP contribution in [-0.2, 0) is 6.42 Å². The minimum atomic E-state index is 0.156. The Bertz CT molecular complexity index is 396. The van der Waals surface area contributed by atoms with Crippen molar-refractivity contribution in [1.82, 2.24) is 0 Å². The fraction of sp³-hybridized carbons (Fsp3) is 0.417. The number of carbonyl (C=O) groups is 1. The van der Waals surface area contributed by atoms with Crippen LogP contribution in [0.2, 0.25) is 5.02 Å². The van der Waals surface area contributed by atoms with E-state index in [0.29, 0.717) is 5.02 Å². The molecule has 0 saturated heterocycles. The van der Waals surface area contributed by atoms with Gasteiger partial charge in [-0.15, -0.1) is 0 Å². The number of rotatable bonds is 1. The van der Waals surface area contributed by atoms with Gasteiger partial charge in [-0.2, -0.15) is 0 Å². The summed E-state index contributed by atoms with van der Waals surface area (Å²) in [6.45, 7) is 4.10. The molecule has 0 fully saturated rings. The summed E-state index contributed by atoms with van der Waals surface area (Å²) in [5.74, 6) is 0.389. The number of halogens is 1. The summed E-state index contributed by atoms with van der Waals surface area (Å²) in [5, 5.41) is 0.617. The lowest BCUT2D eigenvalue weighted by molar-refractivity contribution is 0.0934. The van der Waals surface area contributed by atoms with Crippen molar-refractivity contribution in [2.24, 2.45) is 5.92 Å². The van der Waals surface area contributed by atoms with Crippen molar-refractivity contribution in [3.05, 3.63) is 33.8 Å². The molecule has 0 amide bonds. The third-order valence-electron chi connectivity index (χ3n) is 3.06. The average Bonchev–Trinajstić information content (AvgIpc) is 2.51. The van der Waals surface area contributed by atoms with Gasteiger partial charge in [-0.25, -0.2) is 0 Å². The number of hydrogen-bond acceptors (Lipinski definition) is 1. The van der Waals surface area contributed by atoms with Crippen molar-refractivity contribution in [3.8, 4) is 0 Å². The highest BCUT2D eigenvalue weighted by Crippen LogP contribution is 2.35. The second-order valence-electron chi connectivity index (χ2n) is 3.89. The Morgan fingerprint density at radius 3 is 2.79 bits per heavy atom. The molecule has 0 spiro atoms. The van der Waals surface area contributed by atoms with Crippen LogP contribution in [0.15, 0.2) is 12.1 Å². The van der Waals surface area contributed by atoms with Crippen LogP contribution in [-0.4, -0.2) is 5.78 Å². The van der Waals surface area contributed by atoms with Gasteiger partial charge in [0.1, 0.15) is 0 Å². The number of benzene rings is 1.